The maximum atomic E-state index is 10.1. The van der Waals surface area contributed by atoms with Gasteiger partial charge in [0.1, 0.15) is 5.75 Å². The monoisotopic (exact) mass is 273 g/mol. The summed E-state index contributed by atoms with van der Waals surface area (Å²) in [5, 5.41) is 13.7. The second-order valence-corrected chi connectivity index (χ2v) is 6.13. The molecule has 110 valence electrons. The van der Waals surface area contributed by atoms with Crippen LogP contribution in [0.5, 0.6) is 5.75 Å². The second-order valence-electron chi connectivity index (χ2n) is 6.13. The van der Waals surface area contributed by atoms with Crippen LogP contribution >= 0.6 is 0 Å². The summed E-state index contributed by atoms with van der Waals surface area (Å²) in [6, 6.07) is 6.05. The molecule has 2 rings (SSSR count). The zero-order chi connectivity index (χ0) is 14.5. The highest BCUT2D eigenvalue weighted by Crippen LogP contribution is 2.35. The third-order valence-electron chi connectivity index (χ3n) is 4.66. The summed E-state index contributed by atoms with van der Waals surface area (Å²) in [5.41, 5.74) is 1.99. The van der Waals surface area contributed by atoms with Gasteiger partial charge in [0.2, 0.25) is 0 Å². The van der Waals surface area contributed by atoms with Crippen molar-refractivity contribution in [3.8, 4) is 5.75 Å². The lowest BCUT2D eigenvalue weighted by Crippen LogP contribution is -2.36. The number of rotatable bonds is 5. The molecule has 1 aliphatic rings. The van der Waals surface area contributed by atoms with E-state index in [4.69, 9.17) is 0 Å². The average Bonchev–Trinajstić information content (AvgIpc) is 2.47. The van der Waals surface area contributed by atoms with Crippen LogP contribution in [0.15, 0.2) is 30.9 Å². The van der Waals surface area contributed by atoms with E-state index in [1.54, 1.807) is 6.07 Å². The molecule has 0 heterocycles. The van der Waals surface area contributed by atoms with Crippen molar-refractivity contribution in [3.05, 3.63) is 36.4 Å². The van der Waals surface area contributed by atoms with Crippen LogP contribution in [0.3, 0.4) is 0 Å². The quantitative estimate of drug-likeness (QED) is 0.591. The largest absolute Gasteiger partial charge is 0.506 e. The summed E-state index contributed by atoms with van der Waals surface area (Å²) in [4.78, 5) is 0. The molecule has 20 heavy (non-hydrogen) atoms. The van der Waals surface area contributed by atoms with E-state index in [0.717, 1.165) is 11.3 Å². The lowest BCUT2D eigenvalue weighted by Gasteiger charge is -2.35. The van der Waals surface area contributed by atoms with Gasteiger partial charge in [0.15, 0.2) is 0 Å². The van der Waals surface area contributed by atoms with Crippen molar-refractivity contribution < 1.29 is 5.11 Å². The lowest BCUT2D eigenvalue weighted by molar-refractivity contribution is 0.288. The molecule has 2 nitrogen and oxygen atoms in total. The Labute approximate surface area is 122 Å². The van der Waals surface area contributed by atoms with Gasteiger partial charge in [-0.1, -0.05) is 44.4 Å². The predicted molar refractivity (Wildman–Crippen MR) is 86.2 cm³/mol. The van der Waals surface area contributed by atoms with Crippen LogP contribution in [-0.2, 0) is 0 Å². The molecule has 1 aromatic rings. The standard InChI is InChI=1S/C18H27NO/c1-4-13(2)17(15-10-6-5-7-11-15)19-18-14(3)9-8-12-16(18)20/h4,8-9,12-13,15,17,19-20H,1,5-7,10-11H2,2-3H3/t13-,17-/m1/s1. The summed E-state index contributed by atoms with van der Waals surface area (Å²) in [7, 11) is 0. The number of anilines is 1. The van der Waals surface area contributed by atoms with Gasteiger partial charge >= 0.3 is 0 Å². The fourth-order valence-corrected chi connectivity index (χ4v) is 3.33. The second kappa shape index (κ2) is 6.83. The van der Waals surface area contributed by atoms with Crippen molar-refractivity contribution >= 4 is 5.69 Å². The van der Waals surface area contributed by atoms with Gasteiger partial charge in [-0.15, -0.1) is 6.58 Å². The minimum Gasteiger partial charge on any atom is -0.506 e. The van der Waals surface area contributed by atoms with Crippen molar-refractivity contribution in [2.45, 2.75) is 52.0 Å². The highest BCUT2D eigenvalue weighted by molar-refractivity contribution is 5.61. The molecule has 0 saturated heterocycles. The van der Waals surface area contributed by atoms with Gasteiger partial charge in [0.25, 0.3) is 0 Å². The smallest absolute Gasteiger partial charge is 0.138 e. The van der Waals surface area contributed by atoms with E-state index >= 15 is 0 Å². The molecule has 0 amide bonds. The molecular formula is C18H27NO. The van der Waals surface area contributed by atoms with E-state index < -0.39 is 0 Å². The molecular weight excluding hydrogens is 246 g/mol. The molecule has 0 aliphatic heterocycles. The molecule has 2 N–H and O–H groups in total. The zero-order valence-corrected chi connectivity index (χ0v) is 12.7. The number of hydrogen-bond donors (Lipinski definition) is 2. The minimum absolute atomic E-state index is 0.349. The van der Waals surface area contributed by atoms with Gasteiger partial charge in [-0.3, -0.25) is 0 Å². The van der Waals surface area contributed by atoms with Crippen LogP contribution in [-0.4, -0.2) is 11.1 Å². The highest BCUT2D eigenvalue weighted by atomic mass is 16.3. The van der Waals surface area contributed by atoms with Gasteiger partial charge < -0.3 is 10.4 Å². The SMILES string of the molecule is C=C[C@@H](C)[C@@H](Nc1c(C)cccc1O)C1CCCCC1. The first kappa shape index (κ1) is 15.0. The number of phenolic OH excluding ortho intramolecular Hbond substituents is 1. The first-order valence-electron chi connectivity index (χ1n) is 7.81. The number of nitrogens with one attached hydrogen (secondary N) is 1. The first-order valence-corrected chi connectivity index (χ1v) is 7.81. The molecule has 2 heteroatoms. The van der Waals surface area contributed by atoms with Gasteiger partial charge in [-0.25, -0.2) is 0 Å². The van der Waals surface area contributed by atoms with Gasteiger partial charge in [-0.05, 0) is 43.2 Å². The van der Waals surface area contributed by atoms with Crippen molar-refractivity contribution in [2.75, 3.05) is 5.32 Å². The molecule has 0 bridgehead atoms. The predicted octanol–water partition coefficient (Wildman–Crippen LogP) is 4.88. The Morgan fingerprint density at radius 2 is 2.00 bits per heavy atom. The highest BCUT2D eigenvalue weighted by Gasteiger charge is 2.27. The molecule has 0 radical (unpaired) electrons. The molecule has 0 spiro atoms. The third-order valence-corrected chi connectivity index (χ3v) is 4.66. The Kier molecular flexibility index (Phi) is 5.11. The molecule has 1 saturated carbocycles. The molecule has 1 aliphatic carbocycles. The van der Waals surface area contributed by atoms with Crippen molar-refractivity contribution in [1.82, 2.24) is 0 Å². The molecule has 1 aromatic carbocycles. The van der Waals surface area contributed by atoms with Crippen LogP contribution in [0.25, 0.3) is 0 Å². The fourth-order valence-electron chi connectivity index (χ4n) is 3.33. The Hall–Kier alpha value is -1.44. The third kappa shape index (κ3) is 3.36. The van der Waals surface area contributed by atoms with Gasteiger partial charge in [-0.2, -0.15) is 0 Å². The minimum atomic E-state index is 0.349. The molecule has 2 atom stereocenters. The molecule has 0 aromatic heterocycles. The Balaban J connectivity index is 2.21. The summed E-state index contributed by atoms with van der Waals surface area (Å²) in [5.74, 6) is 1.43. The maximum Gasteiger partial charge on any atom is 0.138 e. The number of phenols is 1. The van der Waals surface area contributed by atoms with E-state index in [-0.39, 0.29) is 0 Å². The Morgan fingerprint density at radius 3 is 2.60 bits per heavy atom. The van der Waals surface area contributed by atoms with Gasteiger partial charge in [0.05, 0.1) is 5.69 Å². The number of aromatic hydroxyl groups is 1. The number of benzene rings is 1. The van der Waals surface area contributed by atoms with Gasteiger partial charge in [0, 0.05) is 6.04 Å². The molecule has 0 unspecified atom stereocenters. The topological polar surface area (TPSA) is 32.3 Å². The van der Waals surface area contributed by atoms with E-state index in [0.29, 0.717) is 23.6 Å². The number of para-hydroxylation sites is 1. The fraction of sp³-hybridized carbons (Fsp3) is 0.556. The van der Waals surface area contributed by atoms with Crippen LogP contribution < -0.4 is 5.32 Å². The van der Waals surface area contributed by atoms with E-state index in [2.05, 4.69) is 18.8 Å². The average molecular weight is 273 g/mol. The lowest BCUT2D eigenvalue weighted by atomic mass is 9.79. The van der Waals surface area contributed by atoms with Crippen LogP contribution in [0, 0.1) is 18.8 Å². The van der Waals surface area contributed by atoms with Crippen LogP contribution in [0.2, 0.25) is 0 Å². The number of aryl methyl sites for hydroxylation is 1. The van der Waals surface area contributed by atoms with E-state index in [1.807, 2.05) is 25.1 Å². The van der Waals surface area contributed by atoms with Crippen molar-refractivity contribution in [1.29, 1.82) is 0 Å². The Bertz CT molecular complexity index is 428. The summed E-state index contributed by atoms with van der Waals surface area (Å²) in [6.45, 7) is 8.22. The van der Waals surface area contributed by atoms with Crippen LogP contribution in [0.4, 0.5) is 5.69 Å². The van der Waals surface area contributed by atoms with Crippen molar-refractivity contribution in [3.63, 3.8) is 0 Å². The summed E-state index contributed by atoms with van der Waals surface area (Å²) >= 11 is 0. The summed E-state index contributed by atoms with van der Waals surface area (Å²) < 4.78 is 0. The summed E-state index contributed by atoms with van der Waals surface area (Å²) in [6.07, 6.45) is 8.60. The Morgan fingerprint density at radius 1 is 1.30 bits per heavy atom. The maximum absolute atomic E-state index is 10.1. The van der Waals surface area contributed by atoms with Crippen molar-refractivity contribution in [2.24, 2.45) is 11.8 Å². The molecule has 1 fully saturated rings. The van der Waals surface area contributed by atoms with E-state index in [1.165, 1.54) is 32.1 Å². The number of hydrogen-bond acceptors (Lipinski definition) is 2. The zero-order valence-electron chi connectivity index (χ0n) is 12.7. The first-order chi connectivity index (χ1) is 9.63. The normalized spacial score (nSPS) is 19.3. The van der Waals surface area contributed by atoms with Crippen LogP contribution in [0.1, 0.15) is 44.6 Å². The van der Waals surface area contributed by atoms with E-state index in [9.17, 15) is 5.11 Å².